The highest BCUT2D eigenvalue weighted by Gasteiger charge is 2.38. The fraction of sp³-hybridized carbons (Fsp3) is 0.409. The van der Waals surface area contributed by atoms with Crippen LogP contribution in [0.1, 0.15) is 56.1 Å². The van der Waals surface area contributed by atoms with Gasteiger partial charge < -0.3 is 10.1 Å². The van der Waals surface area contributed by atoms with Gasteiger partial charge in [-0.2, -0.15) is 8.78 Å². The second-order valence-electron chi connectivity index (χ2n) is 7.70. The van der Waals surface area contributed by atoms with Crippen molar-refractivity contribution >= 4 is 11.6 Å². The van der Waals surface area contributed by atoms with E-state index in [0.29, 0.717) is 48.5 Å². The van der Waals surface area contributed by atoms with E-state index in [0.717, 1.165) is 12.8 Å². The second kappa shape index (κ2) is 8.49. The van der Waals surface area contributed by atoms with Crippen LogP contribution in [-0.2, 0) is 11.3 Å². The molecule has 0 bridgehead atoms. The van der Waals surface area contributed by atoms with E-state index in [1.54, 1.807) is 12.1 Å². The molecule has 1 aliphatic heterocycles. The number of hydrogen-bond donors (Lipinski definition) is 2. The fourth-order valence-corrected chi connectivity index (χ4v) is 4.31. The number of hydrogen-bond acceptors (Lipinski definition) is 5. The van der Waals surface area contributed by atoms with Crippen molar-refractivity contribution in [3.8, 4) is 5.75 Å². The van der Waals surface area contributed by atoms with Gasteiger partial charge in [-0.05, 0) is 37.0 Å². The van der Waals surface area contributed by atoms with Gasteiger partial charge in [0, 0.05) is 30.2 Å². The topological polar surface area (TPSA) is 93.2 Å². The van der Waals surface area contributed by atoms with Crippen molar-refractivity contribution < 1.29 is 18.3 Å². The van der Waals surface area contributed by atoms with E-state index in [1.807, 2.05) is 6.92 Å². The number of nitrogens with one attached hydrogen (secondary N) is 2. The molecule has 1 atom stereocenters. The molecule has 2 aromatic rings. The molecule has 164 valence electrons. The molecule has 1 aliphatic carbocycles. The maximum absolute atomic E-state index is 12.9. The van der Waals surface area contributed by atoms with Crippen LogP contribution in [0.2, 0.25) is 0 Å². The van der Waals surface area contributed by atoms with Crippen LogP contribution < -0.4 is 21.3 Å². The van der Waals surface area contributed by atoms with Crippen LogP contribution in [0.4, 0.5) is 14.6 Å². The first kappa shape index (κ1) is 21.0. The number of benzene rings is 1. The van der Waals surface area contributed by atoms with Crippen molar-refractivity contribution in [3.05, 3.63) is 67.5 Å². The largest absolute Gasteiger partial charge is 0.435 e. The number of ketones is 1. The highest BCUT2D eigenvalue weighted by Crippen LogP contribution is 2.43. The van der Waals surface area contributed by atoms with E-state index in [-0.39, 0.29) is 17.1 Å². The Bertz CT molecular complexity index is 1150. The van der Waals surface area contributed by atoms with E-state index in [2.05, 4.69) is 15.0 Å². The van der Waals surface area contributed by atoms with Crippen LogP contribution in [-0.4, -0.2) is 21.9 Å². The molecule has 2 aliphatic rings. The number of Topliss-reactive ketones (excluding diaryl/α,β-unsaturated/α-hetero) is 1. The van der Waals surface area contributed by atoms with Gasteiger partial charge in [-0.3, -0.25) is 19.1 Å². The number of alkyl halides is 2. The highest BCUT2D eigenvalue weighted by molar-refractivity contribution is 6.00. The molecule has 0 spiro atoms. The van der Waals surface area contributed by atoms with Gasteiger partial charge in [0.1, 0.15) is 11.6 Å². The Morgan fingerprint density at radius 2 is 1.90 bits per heavy atom. The maximum atomic E-state index is 12.9. The molecular formula is C22H23F2N3O4. The van der Waals surface area contributed by atoms with E-state index >= 15 is 0 Å². The number of nitrogens with zero attached hydrogens (tertiary/aromatic N) is 1. The number of carbonyl (C=O) groups is 1. The first-order chi connectivity index (χ1) is 14.9. The van der Waals surface area contributed by atoms with E-state index < -0.39 is 23.8 Å². The summed E-state index contributed by atoms with van der Waals surface area (Å²) in [5, 5.41) is 3.20. The summed E-state index contributed by atoms with van der Waals surface area (Å²) in [4.78, 5) is 40.7. The second-order valence-corrected chi connectivity index (χ2v) is 7.70. The summed E-state index contributed by atoms with van der Waals surface area (Å²) in [6, 6.07) is 5.92. The summed E-state index contributed by atoms with van der Waals surface area (Å²) >= 11 is 0. The minimum atomic E-state index is -2.95. The van der Waals surface area contributed by atoms with Gasteiger partial charge >= 0.3 is 12.3 Å². The van der Waals surface area contributed by atoms with Gasteiger partial charge in [-0.1, -0.05) is 25.5 Å². The number of anilines is 1. The smallest absolute Gasteiger partial charge is 0.387 e. The molecular weight excluding hydrogens is 408 g/mol. The Kier molecular flexibility index (Phi) is 5.75. The molecule has 1 aromatic carbocycles. The molecule has 2 N–H and O–H groups in total. The van der Waals surface area contributed by atoms with Gasteiger partial charge in [0.2, 0.25) is 0 Å². The zero-order valence-electron chi connectivity index (χ0n) is 17.0. The van der Waals surface area contributed by atoms with Crippen LogP contribution in [0.15, 0.2) is 45.1 Å². The number of unbranched alkanes of at least 4 members (excludes halogenated alkanes) is 1. The average Bonchev–Trinajstić information content (AvgIpc) is 2.72. The number of aromatic amines is 1. The van der Waals surface area contributed by atoms with Crippen molar-refractivity contribution in [2.45, 2.75) is 58.1 Å². The summed E-state index contributed by atoms with van der Waals surface area (Å²) in [5.74, 6) is -0.382. The molecule has 0 saturated carbocycles. The Balaban J connectivity index is 1.90. The third kappa shape index (κ3) is 3.92. The Morgan fingerprint density at radius 3 is 2.58 bits per heavy atom. The third-order valence-corrected chi connectivity index (χ3v) is 5.71. The normalized spacial score (nSPS) is 17.9. The van der Waals surface area contributed by atoms with Crippen molar-refractivity contribution in [1.82, 2.24) is 9.55 Å². The predicted molar refractivity (Wildman–Crippen MR) is 111 cm³/mol. The number of carbonyl (C=O) groups excluding carboxylic acids is 1. The number of aromatic nitrogens is 2. The van der Waals surface area contributed by atoms with Gasteiger partial charge in [0.15, 0.2) is 5.78 Å². The van der Waals surface area contributed by atoms with Gasteiger partial charge in [-0.25, -0.2) is 4.79 Å². The SMILES string of the molecule is CCCCn1c2c(c(=O)[nH]c1=O)C(c1ccc(OC(F)F)cc1)C1=C(CCCC1=O)N2. The number of halogens is 2. The summed E-state index contributed by atoms with van der Waals surface area (Å²) in [5.41, 5.74) is 1.01. The van der Waals surface area contributed by atoms with Crippen LogP contribution >= 0.6 is 0 Å². The van der Waals surface area contributed by atoms with Crippen LogP contribution in [0.3, 0.4) is 0 Å². The molecule has 0 amide bonds. The van der Waals surface area contributed by atoms with Crippen molar-refractivity contribution in [3.63, 3.8) is 0 Å². The van der Waals surface area contributed by atoms with Gasteiger partial charge in [-0.15, -0.1) is 0 Å². The van der Waals surface area contributed by atoms with Gasteiger partial charge in [0.05, 0.1) is 5.56 Å². The Morgan fingerprint density at radius 1 is 1.16 bits per heavy atom. The lowest BCUT2D eigenvalue weighted by Crippen LogP contribution is -2.40. The maximum Gasteiger partial charge on any atom is 0.387 e. The van der Waals surface area contributed by atoms with Crippen molar-refractivity contribution in [2.75, 3.05) is 5.32 Å². The minimum Gasteiger partial charge on any atom is -0.435 e. The summed E-state index contributed by atoms with van der Waals surface area (Å²) in [7, 11) is 0. The average molecular weight is 431 g/mol. The highest BCUT2D eigenvalue weighted by atomic mass is 19.3. The lowest BCUT2D eigenvalue weighted by Gasteiger charge is -2.34. The zero-order chi connectivity index (χ0) is 22.1. The summed E-state index contributed by atoms with van der Waals surface area (Å²) in [6.07, 6.45) is 3.28. The lowest BCUT2D eigenvalue weighted by atomic mass is 9.76. The molecule has 9 heteroatoms. The molecule has 0 fully saturated rings. The third-order valence-electron chi connectivity index (χ3n) is 5.71. The van der Waals surface area contributed by atoms with E-state index in [4.69, 9.17) is 0 Å². The molecule has 31 heavy (non-hydrogen) atoms. The number of fused-ring (bicyclic) bond motifs is 1. The molecule has 7 nitrogen and oxygen atoms in total. The summed E-state index contributed by atoms with van der Waals surface area (Å²) < 4.78 is 31.0. The van der Waals surface area contributed by atoms with Crippen molar-refractivity contribution in [2.24, 2.45) is 0 Å². The molecule has 4 rings (SSSR count). The molecule has 2 heterocycles. The fourth-order valence-electron chi connectivity index (χ4n) is 4.31. The molecule has 0 radical (unpaired) electrons. The number of allylic oxidation sites excluding steroid dienone is 2. The first-order valence-electron chi connectivity index (χ1n) is 10.4. The first-order valence-corrected chi connectivity index (χ1v) is 10.4. The predicted octanol–water partition coefficient (Wildman–Crippen LogP) is 3.50. The van der Waals surface area contributed by atoms with Crippen LogP contribution in [0.25, 0.3) is 0 Å². The number of H-pyrrole nitrogens is 1. The van der Waals surface area contributed by atoms with E-state index in [1.165, 1.54) is 16.7 Å². The molecule has 0 saturated heterocycles. The van der Waals surface area contributed by atoms with Gasteiger partial charge in [0.25, 0.3) is 5.56 Å². The standard InChI is InChI=1S/C22H23F2N3O4/c1-2-3-11-27-19-18(20(29)26-22(27)30)16(17-14(25-19)5-4-6-15(17)28)12-7-9-13(10-8-12)31-21(23)24/h7-10,16,21,25H,2-6,11H2,1H3,(H,26,29,30). The number of rotatable bonds is 6. The monoisotopic (exact) mass is 431 g/mol. The number of ether oxygens (including phenoxy) is 1. The summed E-state index contributed by atoms with van der Waals surface area (Å²) in [6.45, 7) is -0.523. The van der Waals surface area contributed by atoms with Crippen LogP contribution in [0, 0.1) is 0 Å². The molecule has 1 unspecified atom stereocenters. The Labute approximate surface area is 176 Å². The van der Waals surface area contributed by atoms with Crippen LogP contribution in [0.5, 0.6) is 5.75 Å². The van der Waals surface area contributed by atoms with Crippen molar-refractivity contribution in [1.29, 1.82) is 0 Å². The minimum absolute atomic E-state index is 0.0149. The quantitative estimate of drug-likeness (QED) is 0.730. The lowest BCUT2D eigenvalue weighted by molar-refractivity contribution is -0.116. The molecule has 1 aromatic heterocycles. The zero-order valence-corrected chi connectivity index (χ0v) is 17.0. The van der Waals surface area contributed by atoms with E-state index in [9.17, 15) is 23.2 Å². The Hall–Kier alpha value is -3.23.